The fourth-order valence-electron chi connectivity index (χ4n) is 2.60. The Kier molecular flexibility index (Phi) is 2.07. The van der Waals surface area contributed by atoms with Crippen molar-refractivity contribution in [2.45, 2.75) is 12.5 Å². The molecule has 0 aromatic heterocycles. The maximum atomic E-state index is 7.95. The SMILES string of the molecule is [2H]C([2H])([2H])N1c2ccccc2CC(NC)c2ccccc21. The number of nitrogens with one attached hydrogen (secondary N) is 1. The highest BCUT2D eigenvalue weighted by Crippen LogP contribution is 2.38. The molecule has 18 heavy (non-hydrogen) atoms. The number of hydrogen-bond acceptors (Lipinski definition) is 2. The molecule has 0 bridgehead atoms. The van der Waals surface area contributed by atoms with E-state index in [2.05, 4.69) is 5.32 Å². The second kappa shape index (κ2) is 4.46. The van der Waals surface area contributed by atoms with Gasteiger partial charge in [-0.1, -0.05) is 36.4 Å². The Labute approximate surface area is 112 Å². The van der Waals surface area contributed by atoms with E-state index in [0.717, 1.165) is 28.9 Å². The molecule has 1 aliphatic rings. The van der Waals surface area contributed by atoms with Crippen molar-refractivity contribution in [2.75, 3.05) is 18.9 Å². The Morgan fingerprint density at radius 3 is 2.61 bits per heavy atom. The van der Waals surface area contributed by atoms with Crippen LogP contribution in [0.1, 0.15) is 21.3 Å². The number of anilines is 2. The van der Waals surface area contributed by atoms with Crippen LogP contribution in [0.5, 0.6) is 0 Å². The average Bonchev–Trinajstić information content (AvgIpc) is 2.60. The Balaban J connectivity index is 2.29. The first-order chi connectivity index (χ1) is 10.0. The van der Waals surface area contributed by atoms with E-state index >= 15 is 0 Å². The maximum Gasteiger partial charge on any atom is 0.0461 e. The molecule has 1 atom stereocenters. The van der Waals surface area contributed by atoms with Crippen LogP contribution in [0.2, 0.25) is 0 Å². The molecule has 0 radical (unpaired) electrons. The fourth-order valence-corrected chi connectivity index (χ4v) is 2.60. The summed E-state index contributed by atoms with van der Waals surface area (Å²) in [5.41, 5.74) is 3.58. The van der Waals surface area contributed by atoms with Gasteiger partial charge in [-0.25, -0.2) is 0 Å². The van der Waals surface area contributed by atoms with E-state index in [-0.39, 0.29) is 6.04 Å². The van der Waals surface area contributed by atoms with Crippen LogP contribution in [-0.2, 0) is 6.42 Å². The van der Waals surface area contributed by atoms with Gasteiger partial charge in [-0.3, -0.25) is 0 Å². The summed E-state index contributed by atoms with van der Waals surface area (Å²) in [7, 11) is 1.91. The topological polar surface area (TPSA) is 15.3 Å². The van der Waals surface area contributed by atoms with Crippen molar-refractivity contribution in [1.29, 1.82) is 0 Å². The molecule has 92 valence electrons. The Morgan fingerprint density at radius 2 is 1.83 bits per heavy atom. The third-order valence-electron chi connectivity index (χ3n) is 3.56. The van der Waals surface area contributed by atoms with Crippen molar-refractivity contribution in [3.8, 4) is 0 Å². The van der Waals surface area contributed by atoms with Crippen LogP contribution in [0.4, 0.5) is 11.4 Å². The van der Waals surface area contributed by atoms with Gasteiger partial charge in [0, 0.05) is 28.5 Å². The lowest BCUT2D eigenvalue weighted by atomic mass is 9.99. The van der Waals surface area contributed by atoms with E-state index in [0.29, 0.717) is 0 Å². The van der Waals surface area contributed by atoms with Gasteiger partial charge in [0.15, 0.2) is 0 Å². The minimum Gasteiger partial charge on any atom is -0.344 e. The normalized spacial score (nSPS) is 21.1. The van der Waals surface area contributed by atoms with Gasteiger partial charge in [-0.15, -0.1) is 0 Å². The smallest absolute Gasteiger partial charge is 0.0461 e. The summed E-state index contributed by atoms with van der Waals surface area (Å²) >= 11 is 0. The molecule has 1 N–H and O–H groups in total. The van der Waals surface area contributed by atoms with Crippen molar-refractivity contribution >= 4 is 11.4 Å². The lowest BCUT2D eigenvalue weighted by molar-refractivity contribution is 0.597. The zero-order valence-corrected chi connectivity index (χ0v) is 10.4. The molecule has 2 heteroatoms. The summed E-state index contributed by atoms with van der Waals surface area (Å²) < 4.78 is 23.8. The van der Waals surface area contributed by atoms with Gasteiger partial charge in [0.1, 0.15) is 0 Å². The van der Waals surface area contributed by atoms with E-state index in [1.165, 1.54) is 4.90 Å². The van der Waals surface area contributed by atoms with Crippen molar-refractivity contribution in [2.24, 2.45) is 0 Å². The number of hydrogen-bond donors (Lipinski definition) is 1. The van der Waals surface area contributed by atoms with Gasteiger partial charge in [0.05, 0.1) is 0 Å². The predicted molar refractivity (Wildman–Crippen MR) is 76.5 cm³/mol. The molecule has 0 fully saturated rings. The second-order valence-electron chi connectivity index (χ2n) is 4.57. The van der Waals surface area contributed by atoms with Crippen molar-refractivity contribution in [1.82, 2.24) is 5.32 Å². The van der Waals surface area contributed by atoms with Crippen LogP contribution in [-0.4, -0.2) is 14.0 Å². The summed E-state index contributed by atoms with van der Waals surface area (Å²) in [6, 6.07) is 15.6. The summed E-state index contributed by atoms with van der Waals surface area (Å²) in [6.07, 6.45) is 0.774. The molecule has 0 spiro atoms. The molecule has 3 rings (SSSR count). The van der Waals surface area contributed by atoms with Crippen LogP contribution in [0, 0.1) is 0 Å². The van der Waals surface area contributed by atoms with Gasteiger partial charge in [0.25, 0.3) is 0 Å². The molecule has 0 aliphatic carbocycles. The molecular weight excluding hydrogens is 220 g/mol. The molecule has 1 aliphatic heterocycles. The Hall–Kier alpha value is -1.80. The molecular formula is C16H18N2. The van der Waals surface area contributed by atoms with Crippen LogP contribution < -0.4 is 10.2 Å². The van der Waals surface area contributed by atoms with Gasteiger partial charge < -0.3 is 10.2 Å². The number of benzene rings is 2. The lowest BCUT2D eigenvalue weighted by Crippen LogP contribution is -2.18. The number of likely N-dealkylation sites (N-methyl/N-ethyl adjacent to an activating group) is 1. The largest absolute Gasteiger partial charge is 0.344 e. The molecule has 1 heterocycles. The minimum atomic E-state index is -2.21. The van der Waals surface area contributed by atoms with Gasteiger partial charge in [-0.05, 0) is 36.7 Å². The summed E-state index contributed by atoms with van der Waals surface area (Å²) in [6.45, 7) is -2.21. The first kappa shape index (κ1) is 8.33. The van der Waals surface area contributed by atoms with Crippen LogP contribution >= 0.6 is 0 Å². The average molecular weight is 241 g/mol. The third-order valence-corrected chi connectivity index (χ3v) is 3.56. The van der Waals surface area contributed by atoms with Gasteiger partial charge in [0.2, 0.25) is 0 Å². The summed E-state index contributed by atoms with van der Waals surface area (Å²) in [5, 5.41) is 3.30. The first-order valence-electron chi connectivity index (χ1n) is 7.66. The van der Waals surface area contributed by atoms with Crippen molar-refractivity contribution in [3.05, 3.63) is 59.7 Å². The monoisotopic (exact) mass is 241 g/mol. The maximum absolute atomic E-state index is 7.95. The van der Waals surface area contributed by atoms with Crippen molar-refractivity contribution in [3.63, 3.8) is 0 Å². The van der Waals surface area contributed by atoms with E-state index in [4.69, 9.17) is 4.11 Å². The molecule has 2 aromatic rings. The van der Waals surface area contributed by atoms with Gasteiger partial charge in [-0.2, -0.15) is 0 Å². The standard InChI is InChI=1S/C16H18N2/c1-17-14-11-12-7-3-5-9-15(12)18(2)16-10-6-4-8-13(14)16/h3-10,14,17H,11H2,1-2H3/i2D3. The second-order valence-corrected chi connectivity index (χ2v) is 4.57. The summed E-state index contributed by atoms with van der Waals surface area (Å²) in [4.78, 5) is 1.48. The van der Waals surface area contributed by atoms with Crippen LogP contribution in [0.15, 0.2) is 48.5 Å². The number of rotatable bonds is 1. The summed E-state index contributed by atoms with van der Waals surface area (Å²) in [5.74, 6) is 0. The highest BCUT2D eigenvalue weighted by atomic mass is 15.1. The molecule has 2 nitrogen and oxygen atoms in total. The lowest BCUT2D eigenvalue weighted by Gasteiger charge is -2.22. The number of nitrogens with zero attached hydrogens (tertiary/aromatic N) is 1. The predicted octanol–water partition coefficient (Wildman–Crippen LogP) is 3.27. The van der Waals surface area contributed by atoms with E-state index in [1.807, 2.05) is 55.6 Å². The molecule has 0 saturated heterocycles. The Bertz CT molecular complexity index is 652. The number of fused-ring (bicyclic) bond motifs is 2. The Morgan fingerprint density at radius 1 is 1.11 bits per heavy atom. The zero-order chi connectivity index (χ0) is 15.0. The first-order valence-corrected chi connectivity index (χ1v) is 6.16. The number of para-hydroxylation sites is 2. The molecule has 1 unspecified atom stereocenters. The molecule has 0 amide bonds. The van der Waals surface area contributed by atoms with Crippen LogP contribution in [0.25, 0.3) is 0 Å². The molecule has 2 aromatic carbocycles. The van der Waals surface area contributed by atoms with E-state index in [1.54, 1.807) is 0 Å². The quantitative estimate of drug-likeness (QED) is 0.824. The highest BCUT2D eigenvalue weighted by molar-refractivity contribution is 5.71. The third kappa shape index (κ3) is 1.70. The van der Waals surface area contributed by atoms with Crippen molar-refractivity contribution < 1.29 is 4.11 Å². The highest BCUT2D eigenvalue weighted by Gasteiger charge is 2.23. The van der Waals surface area contributed by atoms with E-state index in [9.17, 15) is 0 Å². The van der Waals surface area contributed by atoms with E-state index < -0.39 is 6.98 Å². The fraction of sp³-hybridized carbons (Fsp3) is 0.250. The van der Waals surface area contributed by atoms with Crippen LogP contribution in [0.3, 0.4) is 0 Å². The van der Waals surface area contributed by atoms with Gasteiger partial charge >= 0.3 is 0 Å². The molecule has 0 saturated carbocycles. The minimum absolute atomic E-state index is 0.106. The zero-order valence-electron chi connectivity index (χ0n) is 13.4.